The molecule has 0 aliphatic carbocycles. The molecular weight excluding hydrogens is 1740 g/mol. The highest BCUT2D eigenvalue weighted by Crippen LogP contribution is 2.40. The Kier molecular flexibility index (Phi) is 26.2. The number of hydrogen-bond donors (Lipinski definition) is 1. The van der Waals surface area contributed by atoms with E-state index >= 15 is 0 Å². The predicted molar refractivity (Wildman–Crippen MR) is 490 cm³/mol. The van der Waals surface area contributed by atoms with E-state index in [1.54, 1.807) is 149 Å². The summed E-state index contributed by atoms with van der Waals surface area (Å²) in [6.07, 6.45) is 0.144. The number of nitrogens with zero attached hydrogens (tertiary/aromatic N) is 32. The fourth-order valence-electron chi connectivity index (χ4n) is 13.5. The van der Waals surface area contributed by atoms with E-state index in [1.165, 1.54) is 18.3 Å². The highest BCUT2D eigenvalue weighted by molar-refractivity contribution is 7.15. The lowest BCUT2D eigenvalue weighted by molar-refractivity contribution is -0.128. The van der Waals surface area contributed by atoms with Crippen LogP contribution >= 0.6 is 34.4 Å². The Balaban J connectivity index is 0.000000135. The topological polar surface area (TPSA) is 497 Å². The number of carbonyl (C=O) groups is 5. The molecule has 1 N–H and O–H groups in total. The van der Waals surface area contributed by atoms with Gasteiger partial charge < -0.3 is 19.1 Å². The molecule has 658 valence electrons. The number of methoxy groups -OCH3 is 1. The Hall–Kier alpha value is -16.8. The van der Waals surface area contributed by atoms with Crippen LogP contribution in [0.25, 0.3) is 104 Å². The Labute approximate surface area is 761 Å². The van der Waals surface area contributed by atoms with Crippen LogP contribution in [0.15, 0.2) is 192 Å². The van der Waals surface area contributed by atoms with Gasteiger partial charge in [0, 0.05) is 52.9 Å². The molecule has 2 amide bonds. The molecule has 18 rings (SSSR count). The maximum atomic E-state index is 12.9. The first-order chi connectivity index (χ1) is 63.7. The molecular formula is C88H75N33O8S3. The van der Waals surface area contributed by atoms with Crippen LogP contribution in [0.4, 0.5) is 33.4 Å². The molecule has 12 heterocycles. The van der Waals surface area contributed by atoms with Gasteiger partial charge in [0.1, 0.15) is 61.1 Å². The van der Waals surface area contributed by atoms with Gasteiger partial charge in [-0.3, -0.25) is 33.6 Å². The molecule has 132 heavy (non-hydrogen) atoms. The molecule has 0 radical (unpaired) electrons. The minimum atomic E-state index is -1.33. The van der Waals surface area contributed by atoms with Gasteiger partial charge in [-0.2, -0.15) is 49.4 Å². The number of benzene rings is 6. The summed E-state index contributed by atoms with van der Waals surface area (Å²) in [5.41, 5.74) is 13.3. The van der Waals surface area contributed by atoms with Crippen LogP contribution in [0.5, 0.6) is 5.75 Å². The summed E-state index contributed by atoms with van der Waals surface area (Å²) in [5, 5.41) is 106. The number of nitrogens with one attached hydrogen (secondary N) is 1. The van der Waals surface area contributed by atoms with Gasteiger partial charge in [-0.25, -0.2) is 42.2 Å². The number of ether oxygens (including phenoxy) is 3. The Bertz CT molecular complexity index is 7740. The fraction of sp³-hybridized carbons (Fsp3) is 0.250. The van der Waals surface area contributed by atoms with E-state index in [1.807, 2.05) is 77.1 Å². The third-order valence-electron chi connectivity index (χ3n) is 20.1. The Morgan fingerprint density at radius 2 is 1.25 bits per heavy atom. The summed E-state index contributed by atoms with van der Waals surface area (Å²) >= 11 is 3.30. The number of Topliss-reactive ketones (excluding diaryl/α,β-unsaturated/α-hetero) is 1. The predicted octanol–water partition coefficient (Wildman–Crippen LogP) is 18.3. The summed E-state index contributed by atoms with van der Waals surface area (Å²) in [5.74, 6) is -0.548. The Morgan fingerprint density at radius 1 is 0.644 bits per heavy atom. The minimum Gasteiger partial charge on any atom is -0.497 e. The number of carbonyl (C=O) groups excluding carboxylic acids is 5. The maximum absolute atomic E-state index is 12.9. The van der Waals surface area contributed by atoms with Gasteiger partial charge >= 0.3 is 24.1 Å². The number of likely N-dealkylation sites (N-methyl/N-ethyl adjacent to an activating group) is 1. The average molecular weight is 1820 g/mol. The SMILES string of the molecule is CC(C)(C)c1[nH]n2nc(-c3ccccc3)nc2c1N=Nc1ccc2nnc3c(C#N)cnn3c2c1.CCN(CC)C(=O)c1snc2c1nnc1ccc(N=NC3C(=O)N(C)N=C3C(C)(C)C)cc12.[C-]#[N+]C(C#N)c1nc(C)c(N=Nc2ccc3nnc4c(C(=O)OCC)snc4c3c2)s1.[C-]#[N+]C(N=Nc1ccc2nnc3ccc(C(=O)OCC)n3c2c1)C(=O)c1ccc(OC)cc1. The van der Waals surface area contributed by atoms with Gasteiger partial charge in [0.05, 0.1) is 88.4 Å². The first-order valence-electron chi connectivity index (χ1n) is 40.6. The highest BCUT2D eigenvalue weighted by atomic mass is 32.1. The number of fused-ring (bicyclic) bond motifs is 13. The van der Waals surface area contributed by atoms with Crippen molar-refractivity contribution in [1.29, 1.82) is 10.5 Å². The molecule has 3 unspecified atom stereocenters. The number of azo groups is 4. The third kappa shape index (κ3) is 18.5. The highest BCUT2D eigenvalue weighted by Gasteiger charge is 2.41. The van der Waals surface area contributed by atoms with E-state index in [0.29, 0.717) is 179 Å². The van der Waals surface area contributed by atoms with Crippen molar-refractivity contribution in [3.63, 3.8) is 0 Å². The molecule has 1 aliphatic rings. The number of ketones is 1. The van der Waals surface area contributed by atoms with Crippen molar-refractivity contribution in [2.75, 3.05) is 40.5 Å². The third-order valence-corrected chi connectivity index (χ3v) is 22.9. The number of aromatic amines is 1. The zero-order valence-electron chi connectivity index (χ0n) is 72.7. The first-order valence-corrected chi connectivity index (χ1v) is 43.0. The molecule has 0 spiro atoms. The monoisotopic (exact) mass is 1820 g/mol. The number of hydrogen-bond acceptors (Lipinski definition) is 36. The van der Waals surface area contributed by atoms with E-state index in [9.17, 15) is 29.2 Å². The van der Waals surface area contributed by atoms with Gasteiger partial charge in [-0.1, -0.05) is 88.3 Å². The second-order valence-electron chi connectivity index (χ2n) is 30.9. The number of esters is 2. The van der Waals surface area contributed by atoms with Crippen LogP contribution in [0, 0.1) is 48.1 Å². The molecule has 0 fully saturated rings. The van der Waals surface area contributed by atoms with Crippen LogP contribution in [0.1, 0.15) is 137 Å². The summed E-state index contributed by atoms with van der Waals surface area (Å²) in [6.45, 7) is 37.5. The van der Waals surface area contributed by atoms with E-state index in [2.05, 4.69) is 152 Å². The number of H-pyrrole nitrogens is 1. The van der Waals surface area contributed by atoms with Crippen LogP contribution in [0.2, 0.25) is 0 Å². The number of aryl methyl sites for hydroxylation is 1. The van der Waals surface area contributed by atoms with Crippen molar-refractivity contribution in [2.45, 2.75) is 99.8 Å². The zero-order chi connectivity index (χ0) is 93.4. The van der Waals surface area contributed by atoms with Crippen molar-refractivity contribution in [1.82, 2.24) is 98.3 Å². The van der Waals surface area contributed by atoms with E-state index in [0.717, 1.165) is 51.0 Å². The maximum Gasteiger partial charge on any atom is 0.395 e. The fourth-order valence-corrected chi connectivity index (χ4v) is 15.9. The molecule has 41 nitrogen and oxygen atoms in total. The summed E-state index contributed by atoms with van der Waals surface area (Å²) in [7, 11) is 3.15. The molecule has 0 saturated heterocycles. The summed E-state index contributed by atoms with van der Waals surface area (Å²) in [4.78, 5) is 80.5. The number of rotatable bonds is 20. The normalized spacial score (nSPS) is 13.3. The Morgan fingerprint density at radius 3 is 1.88 bits per heavy atom. The van der Waals surface area contributed by atoms with Gasteiger partial charge in [0.2, 0.25) is 5.65 Å². The second kappa shape index (κ2) is 38.4. The average Bonchev–Trinajstić information content (AvgIpc) is 1.61. The van der Waals surface area contributed by atoms with Crippen LogP contribution in [-0.2, 0) is 19.7 Å². The van der Waals surface area contributed by atoms with Gasteiger partial charge in [-0.15, -0.1) is 66.3 Å². The van der Waals surface area contributed by atoms with Crippen LogP contribution in [0.3, 0.4) is 0 Å². The van der Waals surface area contributed by atoms with Gasteiger partial charge in [-0.05, 0) is 167 Å². The standard InChI is InChI=1S/C24H19N11.C23H18N6O4.C22H26N8O2S.C19H12N8O2S2/c1-24(2,3)20-19(23-27-21(33-35(23)32-20)14-7-5-4-6-8-14)30-28-16-9-10-17-18(11-16)34-22(31-29-17)15(12-25)13-26-34;1-4-33-23(31)18-11-12-20-27-26-17-10-7-15(13-19(17)29(18)20)25-28-22(24-2)21(30)14-5-8-16(32-3)9-6-14;1-7-30(8-2)21(32)18-16-15(28-33-18)13-11-12(9-10-14(13)24-25-16)23-26-17-19(22(3,4)5)27-29(6)20(17)31;1-4-29-19(28)16-15-14(27-31-16)11-7-10(5-6-12(11)24-25-15)23-26-17-9(2)22-18(30-17)13(8-20)21-3/h4-11,13,32H,1-3H3;5-13,22H,4H2,1,3H3;9-11,17H,7-8H2,1-6H3;5-7,13H,4H2,1-2H3. The number of thiazole rings is 1. The minimum absolute atomic E-state index is 0.102. The van der Waals surface area contributed by atoms with Crippen LogP contribution in [-0.4, -0.2) is 186 Å². The molecule has 17 aromatic rings. The quantitative estimate of drug-likeness (QED) is 0.0320. The molecule has 0 saturated carbocycles. The lowest BCUT2D eigenvalue weighted by Crippen LogP contribution is -2.34. The smallest absolute Gasteiger partial charge is 0.395 e. The number of nitriles is 2. The van der Waals surface area contributed by atoms with Crippen molar-refractivity contribution in [2.24, 2.45) is 51.4 Å². The summed E-state index contributed by atoms with van der Waals surface area (Å²) in [6, 6.07) is 42.7. The summed E-state index contributed by atoms with van der Waals surface area (Å²) < 4.78 is 29.0. The zero-order valence-corrected chi connectivity index (χ0v) is 75.2. The number of hydrazone groups is 1. The van der Waals surface area contributed by atoms with E-state index < -0.39 is 36.0 Å². The molecule has 0 bridgehead atoms. The van der Waals surface area contributed by atoms with E-state index in [-0.39, 0.29) is 35.9 Å². The van der Waals surface area contributed by atoms with Gasteiger partial charge in [0.15, 0.2) is 49.8 Å². The largest absolute Gasteiger partial charge is 0.497 e. The van der Waals surface area contributed by atoms with Crippen molar-refractivity contribution in [3.8, 4) is 29.3 Å². The van der Waals surface area contributed by atoms with Crippen molar-refractivity contribution >= 4 is 186 Å². The van der Waals surface area contributed by atoms with Crippen molar-refractivity contribution in [3.05, 3.63) is 212 Å². The molecule has 11 aromatic heterocycles. The molecule has 44 heteroatoms. The number of amides is 2. The lowest BCUT2D eigenvalue weighted by Gasteiger charge is -2.19. The molecule has 1 aliphatic heterocycles. The van der Waals surface area contributed by atoms with E-state index in [4.69, 9.17) is 37.6 Å². The lowest BCUT2D eigenvalue weighted by atomic mass is 9.86. The van der Waals surface area contributed by atoms with Crippen LogP contribution < -0.4 is 4.74 Å². The van der Waals surface area contributed by atoms with Crippen molar-refractivity contribution < 1.29 is 38.2 Å². The molecule has 6 aromatic carbocycles. The molecule has 3 atom stereocenters. The number of aromatic nitrogens is 18. The second-order valence-corrected chi connectivity index (χ2v) is 33.4. The first kappa shape index (κ1) is 90.0. The van der Waals surface area contributed by atoms with Gasteiger partial charge in [0.25, 0.3) is 17.6 Å².